The quantitative estimate of drug-likeness (QED) is 0.0154. The lowest BCUT2D eigenvalue weighted by Crippen LogP contribution is -2.29. The molecule has 0 bridgehead atoms. The lowest BCUT2D eigenvalue weighted by molar-refractivity contribution is -0.144. The van der Waals surface area contributed by atoms with Crippen LogP contribution >= 0.6 is 84.3 Å². The van der Waals surface area contributed by atoms with Crippen LogP contribution in [-0.2, 0) is 42.6 Å². The Morgan fingerprint density at radius 1 is 0.615 bits per heavy atom. The smallest absolute Gasteiger partial charge is 0.310 e. The third-order valence-electron chi connectivity index (χ3n) is 13.9. The van der Waals surface area contributed by atoms with Crippen molar-refractivity contribution in [3.05, 3.63) is 175 Å². The Hall–Kier alpha value is -4.31. The summed E-state index contributed by atoms with van der Waals surface area (Å²) >= 11 is 18.1. The van der Waals surface area contributed by atoms with E-state index in [-0.39, 0.29) is 17.4 Å². The molecule has 2 aromatic carbocycles. The van der Waals surface area contributed by atoms with Crippen LogP contribution in [-0.4, -0.2) is 130 Å². The minimum Gasteiger partial charge on any atom is -0.466 e. The van der Waals surface area contributed by atoms with Crippen LogP contribution < -0.4 is 28.3 Å². The maximum absolute atomic E-state index is 11.1. The number of alkyl halides is 5. The summed E-state index contributed by atoms with van der Waals surface area (Å²) in [5.74, 6) is 2.67. The van der Waals surface area contributed by atoms with Gasteiger partial charge in [-0.15, -0.1) is 23.2 Å². The Labute approximate surface area is 590 Å². The normalized spacial score (nSPS) is 13.1. The number of nitrogens with zero attached hydrogens (tertiary/aromatic N) is 5. The molecule has 7 aromatic rings. The molecular weight excluding hydrogens is 1480 g/mol. The first kappa shape index (κ1) is 86.7. The molecule has 0 radical (unpaired) electrons. The number of rotatable bonds is 24. The number of carbonyl (C=O) groups excluding carboxylic acids is 2. The number of halogens is 5. The van der Waals surface area contributed by atoms with Gasteiger partial charge < -0.3 is 57.7 Å². The number of piperidine rings is 1. The molecule has 0 spiro atoms. The van der Waals surface area contributed by atoms with Gasteiger partial charge in [0, 0.05) is 133 Å². The Balaban J connectivity index is 0.00000101. The second kappa shape index (κ2) is 60.6. The fourth-order valence-corrected chi connectivity index (χ4v) is 9.59. The van der Waals surface area contributed by atoms with Crippen LogP contribution in [0.25, 0.3) is 0 Å². The van der Waals surface area contributed by atoms with Crippen LogP contribution in [0.15, 0.2) is 135 Å². The molecule has 13 N–H and O–H groups in total. The number of aromatic nitrogens is 9. The second-order valence-electron chi connectivity index (χ2n) is 20.9. The van der Waals surface area contributed by atoms with E-state index in [1.54, 1.807) is 56.8 Å². The number of imidazole rings is 4. The van der Waals surface area contributed by atoms with Gasteiger partial charge in [0.15, 0.2) is 0 Å². The standard InChI is InChI=1S/C12H15N3.C9H17N3.C9H17NO2.C9H11NO2.C7H7Br.C7H11N3.C7H13N3.C4H9I.C2H4Cl2.C2H5I/c13-7-11(12-8-14-9-15-12)6-10-4-2-1-3-5-10;1-2-3-4-8(5-10)9-6-11-7-12-9;2*1-2-12-9(11)7-8-3-5-10-6-4-8;8-6-7-4-2-1-3-5-7;8-4-7(1-2-7)6-3-9-5-10-6;1-2-6(3-8)7-4-9-5-10-7;1-2-3-4-5;3-1-2-4;1-2-3/h1-5,8-9,11H,6-7,13H2,(H,14,15);6-8H,2-5,10H2,1H3,(H,11,12);8,10H,2-7H2,1H3;3-6H,2,7H2,1H3;1-5H,6H2;3,5H,1-2,4,8H2,(H,9,10);4-6H,2-3,8H2,1H3,(H,9,10);2-4H2,1H3;1-2H2;2H2,1H3. The van der Waals surface area contributed by atoms with Crippen LogP contribution in [0.1, 0.15) is 169 Å². The summed E-state index contributed by atoms with van der Waals surface area (Å²) in [5, 5.41) is 4.22. The molecular formula is C68H109BrCl2I2N14O4. The van der Waals surface area contributed by atoms with E-state index in [2.05, 4.69) is 175 Å². The van der Waals surface area contributed by atoms with Gasteiger partial charge in [0.2, 0.25) is 0 Å². The number of aromatic amines is 4. The van der Waals surface area contributed by atoms with Crippen LogP contribution in [0.2, 0.25) is 0 Å². The predicted molar refractivity (Wildman–Crippen MR) is 400 cm³/mol. The highest BCUT2D eigenvalue weighted by molar-refractivity contribution is 14.1. The largest absolute Gasteiger partial charge is 0.466 e. The van der Waals surface area contributed by atoms with E-state index in [4.69, 9.17) is 55.6 Å². The van der Waals surface area contributed by atoms with Gasteiger partial charge in [-0.2, -0.15) is 0 Å². The molecule has 9 rings (SSSR count). The third kappa shape index (κ3) is 44.1. The van der Waals surface area contributed by atoms with Crippen LogP contribution in [0.3, 0.4) is 0 Å². The zero-order valence-corrected chi connectivity index (χ0v) is 62.4. The highest BCUT2D eigenvalue weighted by Gasteiger charge is 2.44. The van der Waals surface area contributed by atoms with Crippen molar-refractivity contribution < 1.29 is 19.1 Å². The predicted octanol–water partition coefficient (Wildman–Crippen LogP) is 14.4. The number of hydrogen-bond donors (Lipinski definition) is 9. The fraction of sp³-hybridized carbons (Fsp3) is 0.544. The number of H-pyrrole nitrogens is 4. The Bertz CT molecular complexity index is 2590. The van der Waals surface area contributed by atoms with E-state index in [1.165, 1.54) is 69.9 Å². The molecule has 1 saturated heterocycles. The first-order valence-corrected chi connectivity index (χ1v) is 37.1. The highest BCUT2D eigenvalue weighted by Crippen LogP contribution is 2.46. The van der Waals surface area contributed by atoms with Crippen molar-refractivity contribution in [3.8, 4) is 0 Å². The van der Waals surface area contributed by atoms with Gasteiger partial charge in [0.1, 0.15) is 0 Å². The number of hydrogen-bond acceptors (Lipinski definition) is 14. The summed E-state index contributed by atoms with van der Waals surface area (Å²) < 4.78 is 12.2. The zero-order valence-electron chi connectivity index (χ0n) is 55.0. The molecule has 6 heterocycles. The van der Waals surface area contributed by atoms with Gasteiger partial charge in [0.25, 0.3) is 0 Å². The molecule has 23 heteroatoms. The number of ether oxygens (including phenoxy) is 2. The van der Waals surface area contributed by atoms with E-state index >= 15 is 0 Å². The summed E-state index contributed by atoms with van der Waals surface area (Å²) in [4.78, 5) is 54.2. The van der Waals surface area contributed by atoms with Crippen molar-refractivity contribution >= 4 is 96.3 Å². The average Bonchev–Trinajstić information content (AvgIpc) is 1.78. The van der Waals surface area contributed by atoms with Crippen molar-refractivity contribution in [1.82, 2.24) is 50.2 Å². The van der Waals surface area contributed by atoms with Gasteiger partial charge in [-0.1, -0.05) is 169 Å². The number of carbonyl (C=O) groups is 2. The first-order valence-electron chi connectivity index (χ1n) is 31.9. The number of nitrogens with one attached hydrogen (secondary N) is 5. The van der Waals surface area contributed by atoms with Crippen molar-refractivity contribution in [2.24, 2.45) is 28.9 Å². The number of unbranched alkanes of at least 4 members (excludes halogenated alkanes) is 2. The van der Waals surface area contributed by atoms with E-state index in [0.717, 1.165) is 74.0 Å². The Morgan fingerprint density at radius 3 is 1.46 bits per heavy atom. The number of nitrogens with two attached hydrogens (primary N) is 4. The molecule has 1 saturated carbocycles. The summed E-state index contributed by atoms with van der Waals surface area (Å²) in [6, 6.07) is 24.3. The molecule has 510 valence electrons. The zero-order chi connectivity index (χ0) is 67.4. The molecule has 1 aliphatic heterocycles. The van der Waals surface area contributed by atoms with Gasteiger partial charge >= 0.3 is 11.9 Å². The topological polar surface area (TPSA) is 296 Å². The lowest BCUT2D eigenvalue weighted by Gasteiger charge is -2.21. The van der Waals surface area contributed by atoms with E-state index in [9.17, 15) is 9.59 Å². The molecule has 18 nitrogen and oxygen atoms in total. The lowest BCUT2D eigenvalue weighted by atomic mass is 9.95. The molecule has 3 unspecified atom stereocenters. The molecule has 3 atom stereocenters. The van der Waals surface area contributed by atoms with E-state index in [0.29, 0.717) is 81.1 Å². The molecule has 2 aliphatic rings. The van der Waals surface area contributed by atoms with Crippen molar-refractivity contribution in [2.45, 2.75) is 154 Å². The number of pyridine rings is 1. The second-order valence-corrected chi connectivity index (χ2v) is 24.8. The van der Waals surface area contributed by atoms with Gasteiger partial charge in [-0.3, -0.25) is 14.6 Å². The monoisotopic (exact) mass is 1590 g/mol. The summed E-state index contributed by atoms with van der Waals surface area (Å²) in [6.45, 7) is 18.1. The Morgan fingerprint density at radius 2 is 1.09 bits per heavy atom. The Kier molecular flexibility index (Phi) is 57.7. The SMILES string of the molecule is BrCc1ccccc1.CCC(CN)c1cnc[nH]1.CCCCC(CN)c1cnc[nH]1.CCCCI.CCI.CCOC(=O)CC1CCNCC1.CCOC(=O)Cc1ccncc1.ClCCCl.NCC(Cc1ccccc1)c1cnc[nH]1.NCC1(c2cnc[nH]2)CC1. The summed E-state index contributed by atoms with van der Waals surface area (Å²) in [7, 11) is 0. The molecule has 2 fully saturated rings. The average molecular weight is 1590 g/mol. The van der Waals surface area contributed by atoms with Crippen LogP contribution in [0.4, 0.5) is 0 Å². The van der Waals surface area contributed by atoms with Gasteiger partial charge in [-0.05, 0) is 122 Å². The maximum Gasteiger partial charge on any atom is 0.310 e. The fourth-order valence-electron chi connectivity index (χ4n) is 8.45. The molecule has 1 aliphatic carbocycles. The highest BCUT2D eigenvalue weighted by atomic mass is 127. The summed E-state index contributed by atoms with van der Waals surface area (Å²) in [6.07, 6.45) is 31.5. The minimum absolute atomic E-state index is 0.0376. The minimum atomic E-state index is -0.191. The van der Waals surface area contributed by atoms with Crippen LogP contribution in [0.5, 0.6) is 0 Å². The van der Waals surface area contributed by atoms with Crippen molar-refractivity contribution in [3.63, 3.8) is 0 Å². The number of esters is 2. The molecule has 91 heavy (non-hydrogen) atoms. The summed E-state index contributed by atoms with van der Waals surface area (Å²) in [5.41, 5.74) is 31.0. The van der Waals surface area contributed by atoms with Gasteiger partial charge in [0.05, 0.1) is 44.9 Å². The first-order chi connectivity index (χ1) is 44.4. The molecule has 0 amide bonds. The van der Waals surface area contributed by atoms with Crippen LogP contribution in [0, 0.1) is 5.92 Å². The maximum atomic E-state index is 11.1. The van der Waals surface area contributed by atoms with E-state index < -0.39 is 0 Å². The van der Waals surface area contributed by atoms with Crippen molar-refractivity contribution in [2.75, 3.05) is 73.1 Å². The van der Waals surface area contributed by atoms with E-state index in [1.807, 2.05) is 56.0 Å². The third-order valence-corrected chi connectivity index (χ3v) is 15.9. The van der Waals surface area contributed by atoms with Gasteiger partial charge in [-0.25, -0.2) is 19.9 Å². The number of benzene rings is 2. The van der Waals surface area contributed by atoms with Crippen molar-refractivity contribution in [1.29, 1.82) is 0 Å². The molecule has 5 aromatic heterocycles.